The Kier molecular flexibility index (Phi) is 3.78. The number of nitrogens with two attached hydrogens (primary N) is 1. The van der Waals surface area contributed by atoms with Crippen LogP contribution < -0.4 is 5.73 Å². The molecular formula is C12H19N3O2. The summed E-state index contributed by atoms with van der Waals surface area (Å²) in [7, 11) is 0. The Labute approximate surface area is 101 Å². The number of piperidine rings is 1. The Bertz CT molecular complexity index is 381. The van der Waals surface area contributed by atoms with Crippen LogP contribution >= 0.6 is 0 Å². The lowest BCUT2D eigenvalue weighted by Gasteiger charge is -2.31. The summed E-state index contributed by atoms with van der Waals surface area (Å²) in [5.74, 6) is 1.01. The Morgan fingerprint density at radius 3 is 2.82 bits per heavy atom. The van der Waals surface area contributed by atoms with Gasteiger partial charge in [0.25, 0.3) is 5.91 Å². The van der Waals surface area contributed by atoms with Crippen molar-refractivity contribution in [2.45, 2.75) is 26.2 Å². The van der Waals surface area contributed by atoms with Crippen LogP contribution in [0.5, 0.6) is 0 Å². The topological polar surface area (TPSA) is 72.4 Å². The standard InChI is InChI=1S/C12H19N3O2/c1-9-11(17-8-14-9)12(16)15-6-3-10(2-5-13)4-7-15/h8,10H,2-7,13H2,1H3. The molecule has 0 aliphatic carbocycles. The summed E-state index contributed by atoms with van der Waals surface area (Å²) < 4.78 is 5.13. The fourth-order valence-corrected chi connectivity index (χ4v) is 2.31. The molecule has 0 saturated carbocycles. The first-order chi connectivity index (χ1) is 8.22. The normalized spacial score (nSPS) is 17.4. The maximum Gasteiger partial charge on any atom is 0.291 e. The highest BCUT2D eigenvalue weighted by Gasteiger charge is 2.26. The van der Waals surface area contributed by atoms with E-state index in [1.165, 1.54) is 6.39 Å². The SMILES string of the molecule is Cc1ncoc1C(=O)N1CCC(CCN)CC1. The van der Waals surface area contributed by atoms with E-state index in [9.17, 15) is 4.79 Å². The van der Waals surface area contributed by atoms with Gasteiger partial charge in [-0.1, -0.05) is 0 Å². The molecule has 0 aromatic carbocycles. The van der Waals surface area contributed by atoms with Crippen LogP contribution in [0.2, 0.25) is 0 Å². The number of hydrogen-bond acceptors (Lipinski definition) is 4. The van der Waals surface area contributed by atoms with Crippen LogP contribution in [0.4, 0.5) is 0 Å². The molecule has 0 unspecified atom stereocenters. The molecule has 1 fully saturated rings. The molecule has 1 aliphatic rings. The predicted molar refractivity (Wildman–Crippen MR) is 63.5 cm³/mol. The lowest BCUT2D eigenvalue weighted by atomic mass is 9.93. The molecule has 17 heavy (non-hydrogen) atoms. The highest BCUT2D eigenvalue weighted by atomic mass is 16.3. The minimum Gasteiger partial charge on any atom is -0.438 e. The summed E-state index contributed by atoms with van der Waals surface area (Å²) in [6.45, 7) is 4.12. The lowest BCUT2D eigenvalue weighted by Crippen LogP contribution is -2.39. The van der Waals surface area contributed by atoms with Crippen molar-refractivity contribution in [1.29, 1.82) is 0 Å². The van der Waals surface area contributed by atoms with Gasteiger partial charge in [0.05, 0.1) is 5.69 Å². The number of rotatable bonds is 3. The summed E-state index contributed by atoms with van der Waals surface area (Å²) in [5, 5.41) is 0. The third-order valence-electron chi connectivity index (χ3n) is 3.42. The summed E-state index contributed by atoms with van der Waals surface area (Å²) in [6, 6.07) is 0. The van der Waals surface area contributed by atoms with E-state index in [1.807, 2.05) is 4.90 Å². The van der Waals surface area contributed by atoms with E-state index in [0.717, 1.165) is 38.9 Å². The summed E-state index contributed by atoms with van der Waals surface area (Å²) in [6.07, 6.45) is 4.46. The van der Waals surface area contributed by atoms with Crippen molar-refractivity contribution in [3.8, 4) is 0 Å². The van der Waals surface area contributed by atoms with Crippen molar-refractivity contribution in [2.75, 3.05) is 19.6 Å². The zero-order valence-corrected chi connectivity index (χ0v) is 10.2. The number of likely N-dealkylation sites (tertiary alicyclic amines) is 1. The minimum atomic E-state index is -0.0359. The highest BCUT2D eigenvalue weighted by molar-refractivity contribution is 5.92. The van der Waals surface area contributed by atoms with Crippen molar-refractivity contribution in [1.82, 2.24) is 9.88 Å². The average molecular weight is 237 g/mol. The molecular weight excluding hydrogens is 218 g/mol. The molecule has 1 saturated heterocycles. The number of carbonyl (C=O) groups excluding carboxylic acids is 1. The second-order valence-electron chi connectivity index (χ2n) is 4.58. The average Bonchev–Trinajstić information content (AvgIpc) is 2.76. The fraction of sp³-hybridized carbons (Fsp3) is 0.667. The van der Waals surface area contributed by atoms with Crippen LogP contribution in [0.3, 0.4) is 0 Å². The second kappa shape index (κ2) is 5.31. The van der Waals surface area contributed by atoms with Gasteiger partial charge in [-0.25, -0.2) is 4.98 Å². The van der Waals surface area contributed by atoms with Crippen molar-refractivity contribution in [2.24, 2.45) is 11.7 Å². The van der Waals surface area contributed by atoms with Crippen LogP contribution in [-0.2, 0) is 0 Å². The first-order valence-corrected chi connectivity index (χ1v) is 6.11. The maximum absolute atomic E-state index is 12.1. The van der Waals surface area contributed by atoms with Crippen LogP contribution in [-0.4, -0.2) is 35.4 Å². The summed E-state index contributed by atoms with van der Waals surface area (Å²) in [5.41, 5.74) is 6.21. The number of aryl methyl sites for hydroxylation is 1. The molecule has 0 radical (unpaired) electrons. The van der Waals surface area contributed by atoms with Crippen LogP contribution in [0.15, 0.2) is 10.8 Å². The molecule has 0 atom stereocenters. The van der Waals surface area contributed by atoms with Crippen molar-refractivity contribution in [3.63, 3.8) is 0 Å². The molecule has 0 bridgehead atoms. The highest BCUT2D eigenvalue weighted by Crippen LogP contribution is 2.21. The zero-order chi connectivity index (χ0) is 12.3. The molecule has 1 aromatic heterocycles. The summed E-state index contributed by atoms with van der Waals surface area (Å²) >= 11 is 0. The monoisotopic (exact) mass is 237 g/mol. The lowest BCUT2D eigenvalue weighted by molar-refractivity contribution is 0.0655. The Morgan fingerprint density at radius 1 is 1.59 bits per heavy atom. The van der Waals surface area contributed by atoms with Gasteiger partial charge >= 0.3 is 0 Å². The van der Waals surface area contributed by atoms with Gasteiger partial charge in [0.15, 0.2) is 6.39 Å². The Morgan fingerprint density at radius 2 is 2.29 bits per heavy atom. The van der Waals surface area contributed by atoms with Crippen LogP contribution in [0, 0.1) is 12.8 Å². The van der Waals surface area contributed by atoms with E-state index < -0.39 is 0 Å². The van der Waals surface area contributed by atoms with Crippen molar-refractivity contribution >= 4 is 5.91 Å². The molecule has 2 heterocycles. The first kappa shape index (κ1) is 12.1. The van der Waals surface area contributed by atoms with Gasteiger partial charge in [0, 0.05) is 13.1 Å². The van der Waals surface area contributed by atoms with Crippen molar-refractivity contribution < 1.29 is 9.21 Å². The second-order valence-corrected chi connectivity index (χ2v) is 4.58. The quantitative estimate of drug-likeness (QED) is 0.857. The van der Waals surface area contributed by atoms with Gasteiger partial charge in [0.2, 0.25) is 5.76 Å². The molecule has 0 spiro atoms. The smallest absolute Gasteiger partial charge is 0.291 e. The molecule has 5 heteroatoms. The molecule has 1 aliphatic heterocycles. The van der Waals surface area contributed by atoms with E-state index >= 15 is 0 Å². The minimum absolute atomic E-state index is 0.0359. The molecule has 1 amide bonds. The number of carbonyl (C=O) groups is 1. The maximum atomic E-state index is 12.1. The van der Waals surface area contributed by atoms with Crippen molar-refractivity contribution in [3.05, 3.63) is 17.8 Å². The Balaban J connectivity index is 1.93. The van der Waals surface area contributed by atoms with Gasteiger partial charge in [-0.15, -0.1) is 0 Å². The third-order valence-corrected chi connectivity index (χ3v) is 3.42. The molecule has 1 aromatic rings. The molecule has 5 nitrogen and oxygen atoms in total. The van der Waals surface area contributed by atoms with E-state index in [-0.39, 0.29) is 5.91 Å². The van der Waals surface area contributed by atoms with Gasteiger partial charge < -0.3 is 15.1 Å². The van der Waals surface area contributed by atoms with Gasteiger partial charge in [-0.05, 0) is 38.6 Å². The van der Waals surface area contributed by atoms with E-state index in [0.29, 0.717) is 17.4 Å². The first-order valence-electron chi connectivity index (χ1n) is 6.11. The number of nitrogens with zero attached hydrogens (tertiary/aromatic N) is 2. The Hall–Kier alpha value is -1.36. The number of amides is 1. The summed E-state index contributed by atoms with van der Waals surface area (Å²) in [4.78, 5) is 17.9. The molecule has 2 rings (SSSR count). The van der Waals surface area contributed by atoms with Crippen LogP contribution in [0.1, 0.15) is 35.5 Å². The number of aromatic nitrogens is 1. The van der Waals surface area contributed by atoms with E-state index in [1.54, 1.807) is 6.92 Å². The molecule has 2 N–H and O–H groups in total. The molecule has 94 valence electrons. The largest absolute Gasteiger partial charge is 0.438 e. The fourth-order valence-electron chi connectivity index (χ4n) is 2.31. The van der Waals surface area contributed by atoms with E-state index in [2.05, 4.69) is 4.98 Å². The van der Waals surface area contributed by atoms with Gasteiger partial charge in [0.1, 0.15) is 0 Å². The number of oxazole rings is 1. The van der Waals surface area contributed by atoms with Crippen LogP contribution in [0.25, 0.3) is 0 Å². The zero-order valence-electron chi connectivity index (χ0n) is 10.2. The van der Waals surface area contributed by atoms with Gasteiger partial charge in [-0.3, -0.25) is 4.79 Å². The predicted octanol–water partition coefficient (Wildman–Crippen LogP) is 1.18. The number of hydrogen-bond donors (Lipinski definition) is 1. The van der Waals surface area contributed by atoms with Gasteiger partial charge in [-0.2, -0.15) is 0 Å². The third kappa shape index (κ3) is 2.66. The van der Waals surface area contributed by atoms with E-state index in [4.69, 9.17) is 10.2 Å².